The van der Waals surface area contributed by atoms with Crippen LogP contribution in [0.4, 0.5) is 4.79 Å². The highest BCUT2D eigenvalue weighted by Gasteiger charge is 2.31. The molecule has 0 aromatic rings. The van der Waals surface area contributed by atoms with Crippen molar-refractivity contribution in [1.29, 1.82) is 0 Å². The van der Waals surface area contributed by atoms with E-state index >= 15 is 0 Å². The third-order valence-electron chi connectivity index (χ3n) is 2.46. The fraction of sp³-hybridized carbons (Fsp3) is 0.818. The Balaban J connectivity index is 4.80. The molecule has 0 radical (unpaired) electrons. The highest BCUT2D eigenvalue weighted by atomic mass is 16.6. The molecule has 8 heteroatoms. The largest absolute Gasteiger partial charge is 0.480 e. The lowest BCUT2D eigenvalue weighted by Crippen LogP contribution is -2.49. The summed E-state index contributed by atoms with van der Waals surface area (Å²) in [6, 6.07) is -1.75. The first kappa shape index (κ1) is 17.1. The number of amides is 1. The molecule has 0 aliphatic carbocycles. The van der Waals surface area contributed by atoms with Crippen molar-refractivity contribution >= 4 is 12.1 Å². The standard InChI is InChI=1S/C11H20N4O4/c1-6(7(2)14-15-12)8(9(16)17)13-10(18)19-11(3,4)5/h6-8H,1-5H3,(H,13,18)(H,16,17). The smallest absolute Gasteiger partial charge is 0.408 e. The Morgan fingerprint density at radius 1 is 1.37 bits per heavy atom. The molecule has 0 aliphatic heterocycles. The molecule has 3 atom stereocenters. The van der Waals surface area contributed by atoms with E-state index < -0.39 is 35.7 Å². The van der Waals surface area contributed by atoms with Gasteiger partial charge in [-0.2, -0.15) is 0 Å². The molecule has 19 heavy (non-hydrogen) atoms. The predicted octanol–water partition coefficient (Wildman–Crippen LogP) is 2.30. The van der Waals surface area contributed by atoms with Crippen molar-refractivity contribution in [3.63, 3.8) is 0 Å². The average Bonchev–Trinajstić information content (AvgIpc) is 2.22. The molecule has 3 unspecified atom stereocenters. The number of carbonyl (C=O) groups is 2. The second-order valence-corrected chi connectivity index (χ2v) is 5.27. The summed E-state index contributed by atoms with van der Waals surface area (Å²) in [6.45, 7) is 8.18. The Bertz CT molecular complexity index is 385. The first-order chi connectivity index (χ1) is 8.58. The van der Waals surface area contributed by atoms with E-state index in [2.05, 4.69) is 15.3 Å². The number of hydrogen-bond donors (Lipinski definition) is 2. The Kier molecular flexibility index (Phi) is 6.14. The lowest BCUT2D eigenvalue weighted by atomic mass is 9.95. The van der Waals surface area contributed by atoms with Gasteiger partial charge in [-0.15, -0.1) is 0 Å². The van der Waals surface area contributed by atoms with Crippen LogP contribution in [0.25, 0.3) is 10.4 Å². The van der Waals surface area contributed by atoms with Crippen molar-refractivity contribution in [2.75, 3.05) is 0 Å². The van der Waals surface area contributed by atoms with Gasteiger partial charge in [0.1, 0.15) is 11.6 Å². The number of carboxylic acids is 1. The van der Waals surface area contributed by atoms with Gasteiger partial charge >= 0.3 is 12.1 Å². The number of azide groups is 1. The Morgan fingerprint density at radius 3 is 2.26 bits per heavy atom. The molecular weight excluding hydrogens is 252 g/mol. The summed E-state index contributed by atoms with van der Waals surface area (Å²) in [4.78, 5) is 25.3. The van der Waals surface area contributed by atoms with Crippen molar-refractivity contribution in [2.45, 2.75) is 52.3 Å². The number of ether oxygens (including phenoxy) is 1. The molecule has 0 aliphatic rings. The van der Waals surface area contributed by atoms with Crippen molar-refractivity contribution < 1.29 is 19.4 Å². The summed E-state index contributed by atoms with van der Waals surface area (Å²) in [5.74, 6) is -1.78. The maximum absolute atomic E-state index is 11.6. The second-order valence-electron chi connectivity index (χ2n) is 5.27. The molecule has 0 heterocycles. The van der Waals surface area contributed by atoms with Crippen molar-refractivity contribution in [1.82, 2.24) is 5.32 Å². The van der Waals surface area contributed by atoms with Gasteiger partial charge in [-0.1, -0.05) is 19.0 Å². The molecule has 8 nitrogen and oxygen atoms in total. The summed E-state index contributed by atoms with van der Waals surface area (Å²) in [6.07, 6.45) is -0.820. The van der Waals surface area contributed by atoms with E-state index in [-0.39, 0.29) is 0 Å². The molecular formula is C11H20N4O4. The number of alkyl carbamates (subject to hydrolysis) is 1. The molecule has 0 bridgehead atoms. The van der Waals surface area contributed by atoms with Gasteiger partial charge in [0.25, 0.3) is 0 Å². The van der Waals surface area contributed by atoms with E-state index in [1.807, 2.05) is 0 Å². The third kappa shape index (κ3) is 6.52. The normalized spacial score (nSPS) is 15.6. The quantitative estimate of drug-likeness (QED) is 0.452. The number of nitrogens with one attached hydrogen (secondary N) is 1. The zero-order valence-corrected chi connectivity index (χ0v) is 11.7. The molecule has 108 valence electrons. The zero-order chi connectivity index (χ0) is 15.2. The maximum atomic E-state index is 11.6. The van der Waals surface area contributed by atoms with Gasteiger partial charge in [-0.05, 0) is 32.2 Å². The van der Waals surface area contributed by atoms with E-state index in [1.165, 1.54) is 0 Å². The third-order valence-corrected chi connectivity index (χ3v) is 2.46. The summed E-state index contributed by atoms with van der Waals surface area (Å²) >= 11 is 0. The molecule has 2 N–H and O–H groups in total. The number of nitrogens with zero attached hydrogens (tertiary/aromatic N) is 3. The van der Waals surface area contributed by atoms with E-state index in [9.17, 15) is 9.59 Å². The SMILES string of the molecule is CC(N=[N+]=[N-])C(C)C(NC(=O)OC(C)(C)C)C(=O)O. The van der Waals surface area contributed by atoms with Crippen LogP contribution >= 0.6 is 0 Å². The van der Waals surface area contributed by atoms with Crippen molar-refractivity contribution in [3.05, 3.63) is 10.4 Å². The van der Waals surface area contributed by atoms with Crippen LogP contribution in [0.3, 0.4) is 0 Å². The molecule has 0 saturated heterocycles. The summed E-state index contributed by atoms with van der Waals surface area (Å²) < 4.78 is 4.99. The number of aliphatic carboxylic acids is 1. The van der Waals surface area contributed by atoms with Crippen molar-refractivity contribution in [3.8, 4) is 0 Å². The molecule has 0 aromatic heterocycles. The second kappa shape index (κ2) is 6.84. The van der Waals surface area contributed by atoms with Crippen LogP contribution in [-0.2, 0) is 9.53 Å². The van der Waals surface area contributed by atoms with Gasteiger partial charge in [-0.3, -0.25) is 0 Å². The topological polar surface area (TPSA) is 124 Å². The molecule has 1 amide bonds. The summed E-state index contributed by atoms with van der Waals surface area (Å²) in [7, 11) is 0. The minimum Gasteiger partial charge on any atom is -0.480 e. The molecule has 0 saturated carbocycles. The van der Waals surface area contributed by atoms with Gasteiger partial charge in [0.2, 0.25) is 0 Å². The van der Waals surface area contributed by atoms with Gasteiger partial charge in [0.15, 0.2) is 0 Å². The van der Waals surface area contributed by atoms with Gasteiger partial charge in [0.05, 0.1) is 0 Å². The maximum Gasteiger partial charge on any atom is 0.408 e. The van der Waals surface area contributed by atoms with Crippen LogP contribution in [-0.4, -0.2) is 34.9 Å². The fourth-order valence-corrected chi connectivity index (χ4v) is 1.32. The fourth-order valence-electron chi connectivity index (χ4n) is 1.32. The minimum absolute atomic E-state index is 0.568. The van der Waals surface area contributed by atoms with Crippen LogP contribution in [0.5, 0.6) is 0 Å². The Morgan fingerprint density at radius 2 is 1.89 bits per heavy atom. The number of hydrogen-bond acceptors (Lipinski definition) is 4. The monoisotopic (exact) mass is 272 g/mol. The van der Waals surface area contributed by atoms with Crippen LogP contribution < -0.4 is 5.32 Å². The van der Waals surface area contributed by atoms with E-state index in [4.69, 9.17) is 15.4 Å². The van der Waals surface area contributed by atoms with Crippen LogP contribution in [0.15, 0.2) is 5.11 Å². The van der Waals surface area contributed by atoms with E-state index in [0.717, 1.165) is 0 Å². The highest BCUT2D eigenvalue weighted by molar-refractivity contribution is 5.80. The first-order valence-electron chi connectivity index (χ1n) is 5.85. The van der Waals surface area contributed by atoms with Crippen molar-refractivity contribution in [2.24, 2.45) is 11.0 Å². The van der Waals surface area contributed by atoms with E-state index in [1.54, 1.807) is 34.6 Å². The molecule has 0 fully saturated rings. The number of carbonyl (C=O) groups excluding carboxylic acids is 1. The van der Waals surface area contributed by atoms with Gasteiger partial charge in [-0.25, -0.2) is 9.59 Å². The van der Waals surface area contributed by atoms with Crippen LogP contribution in [0.2, 0.25) is 0 Å². The lowest BCUT2D eigenvalue weighted by molar-refractivity contribution is -0.141. The summed E-state index contributed by atoms with van der Waals surface area (Å²) in [5.41, 5.74) is 7.62. The highest BCUT2D eigenvalue weighted by Crippen LogP contribution is 2.14. The molecule has 0 spiro atoms. The van der Waals surface area contributed by atoms with E-state index in [0.29, 0.717) is 0 Å². The average molecular weight is 272 g/mol. The first-order valence-corrected chi connectivity index (χ1v) is 5.85. The van der Waals surface area contributed by atoms with Gasteiger partial charge in [0, 0.05) is 11.0 Å². The Labute approximate surface area is 111 Å². The molecule has 0 rings (SSSR count). The number of carboxylic acid groups (broad SMARTS) is 1. The van der Waals surface area contributed by atoms with Gasteiger partial charge < -0.3 is 15.2 Å². The Hall–Kier alpha value is -1.95. The minimum atomic E-state index is -1.21. The van der Waals surface area contributed by atoms with Crippen LogP contribution in [0.1, 0.15) is 34.6 Å². The number of rotatable bonds is 5. The summed E-state index contributed by atoms with van der Waals surface area (Å²) in [5, 5.41) is 14.8. The molecule has 0 aromatic carbocycles. The lowest BCUT2D eigenvalue weighted by Gasteiger charge is -2.26. The van der Waals surface area contributed by atoms with Crippen LogP contribution in [0, 0.1) is 5.92 Å². The zero-order valence-electron chi connectivity index (χ0n) is 11.7. The predicted molar refractivity (Wildman–Crippen MR) is 68.6 cm³/mol.